The maximum atomic E-state index is 15.7. The number of nitrogens with two attached hydrogens (primary N) is 1. The van der Waals surface area contributed by atoms with Gasteiger partial charge in [-0.05, 0) is 45.9 Å². The highest BCUT2D eigenvalue weighted by atomic mass is 35.7. The van der Waals surface area contributed by atoms with E-state index in [1.807, 2.05) is 0 Å². The number of rotatable bonds is 10. The Hall–Kier alpha value is -2.09. The number of nitrogens with zero attached hydrogens (tertiary/aromatic N) is 4. The molecule has 0 amide bonds. The zero-order valence-corrected chi connectivity index (χ0v) is 21.5. The van der Waals surface area contributed by atoms with E-state index in [0.29, 0.717) is 0 Å². The number of nitrogens with one attached hydrogen (secondary N) is 1. The molecule has 1 aliphatic heterocycles. The first-order valence-electron chi connectivity index (χ1n) is 10.8. The number of anilines is 1. The number of alkyl halides is 1. The molecule has 0 radical (unpaired) electrons. The van der Waals surface area contributed by atoms with Gasteiger partial charge in [0.05, 0.1) is 25.6 Å². The van der Waals surface area contributed by atoms with Crippen molar-refractivity contribution in [2.75, 3.05) is 18.9 Å². The molecule has 2 aromatic heterocycles. The van der Waals surface area contributed by atoms with Crippen molar-refractivity contribution in [3.8, 4) is 5.88 Å². The molecule has 16 heteroatoms. The summed E-state index contributed by atoms with van der Waals surface area (Å²) in [7, 11) is 0. The molecule has 4 N–H and O–H groups in total. The molecule has 13 nitrogen and oxygen atoms in total. The smallest absolute Gasteiger partial charge is 0.361 e. The van der Waals surface area contributed by atoms with Gasteiger partial charge in [-0.2, -0.15) is 9.97 Å². The number of aliphatic hydroxyl groups is 1. The first-order valence-corrected chi connectivity index (χ1v) is 13.4. The Kier molecular flexibility index (Phi) is 8.24. The molecule has 0 saturated carbocycles. The molecule has 0 aliphatic carbocycles. The van der Waals surface area contributed by atoms with Gasteiger partial charge >= 0.3 is 12.8 Å². The third-order valence-electron chi connectivity index (χ3n) is 5.12. The number of halogens is 2. The van der Waals surface area contributed by atoms with Crippen LogP contribution in [0, 0.1) is 0 Å². The Morgan fingerprint density at radius 3 is 2.77 bits per heavy atom. The lowest BCUT2D eigenvalue weighted by molar-refractivity contribution is -0.149. The average Bonchev–Trinajstić information content (AvgIpc) is 3.24. The molecule has 1 saturated heterocycles. The van der Waals surface area contributed by atoms with Crippen LogP contribution in [0.4, 0.5) is 10.3 Å². The first-order chi connectivity index (χ1) is 16.3. The highest BCUT2D eigenvalue weighted by Crippen LogP contribution is 2.50. The second-order valence-corrected chi connectivity index (χ2v) is 11.2. The van der Waals surface area contributed by atoms with Crippen LogP contribution >= 0.6 is 18.1 Å². The summed E-state index contributed by atoms with van der Waals surface area (Å²) in [5.41, 5.74) is 3.77. The Balaban J connectivity index is 1.75. The second kappa shape index (κ2) is 10.5. The lowest BCUT2D eigenvalue weighted by atomic mass is 9.98. The van der Waals surface area contributed by atoms with Gasteiger partial charge in [0.15, 0.2) is 23.1 Å². The third kappa shape index (κ3) is 6.01. The van der Waals surface area contributed by atoms with Crippen LogP contribution in [-0.4, -0.2) is 73.8 Å². The Labute approximate surface area is 205 Å². The molecule has 1 aliphatic rings. The lowest BCUT2D eigenvalue weighted by Crippen LogP contribution is -2.41. The Morgan fingerprint density at radius 2 is 2.14 bits per heavy atom. The number of hydrogen-bond acceptors (Lipinski definition) is 11. The number of hydrogen-bond donors (Lipinski definition) is 3. The number of imidazole rings is 1. The van der Waals surface area contributed by atoms with Crippen LogP contribution in [0.25, 0.3) is 11.2 Å². The van der Waals surface area contributed by atoms with Crippen molar-refractivity contribution < 1.29 is 37.6 Å². The van der Waals surface area contributed by atoms with Crippen molar-refractivity contribution in [2.45, 2.75) is 70.9 Å². The molecule has 1 fully saturated rings. The summed E-state index contributed by atoms with van der Waals surface area (Å²) in [6.07, 6.45) is -3.49. The Morgan fingerprint density at radius 1 is 1.46 bits per heavy atom. The number of aliphatic hydroxyl groups excluding tert-OH is 1. The molecule has 35 heavy (non-hydrogen) atoms. The maximum absolute atomic E-state index is 15.7. The summed E-state index contributed by atoms with van der Waals surface area (Å²) in [4.78, 5) is 24.2. The fourth-order valence-electron chi connectivity index (χ4n) is 3.49. The minimum absolute atomic E-state index is 0.118. The van der Waals surface area contributed by atoms with Gasteiger partial charge < -0.3 is 29.6 Å². The van der Waals surface area contributed by atoms with Crippen LogP contribution in [0.2, 0.25) is 0 Å². The van der Waals surface area contributed by atoms with Crippen molar-refractivity contribution in [3.05, 3.63) is 6.33 Å². The zero-order valence-electron chi connectivity index (χ0n) is 19.8. The van der Waals surface area contributed by atoms with Gasteiger partial charge in [0.1, 0.15) is 18.2 Å². The number of carbonyl (C=O) groups is 1. The zero-order chi connectivity index (χ0) is 26.1. The van der Waals surface area contributed by atoms with Gasteiger partial charge in [0.25, 0.3) is 0 Å². The number of esters is 1. The van der Waals surface area contributed by atoms with Gasteiger partial charge in [0, 0.05) is 0 Å². The van der Waals surface area contributed by atoms with Crippen LogP contribution in [0.15, 0.2) is 6.33 Å². The molecular formula is C19H29ClFN6O7P. The molecular weight excluding hydrogens is 510 g/mol. The van der Waals surface area contributed by atoms with Crippen molar-refractivity contribution in [1.29, 1.82) is 0 Å². The van der Waals surface area contributed by atoms with E-state index in [4.69, 9.17) is 35.7 Å². The van der Waals surface area contributed by atoms with E-state index in [1.54, 1.807) is 20.8 Å². The molecule has 3 rings (SSSR count). The van der Waals surface area contributed by atoms with E-state index in [0.717, 1.165) is 6.92 Å². The van der Waals surface area contributed by atoms with Crippen LogP contribution in [0.1, 0.15) is 40.8 Å². The molecule has 196 valence electrons. The van der Waals surface area contributed by atoms with Crippen LogP contribution < -0.4 is 15.6 Å². The second-order valence-electron chi connectivity index (χ2n) is 8.38. The van der Waals surface area contributed by atoms with E-state index in [9.17, 15) is 14.5 Å². The van der Waals surface area contributed by atoms with Crippen molar-refractivity contribution in [3.63, 3.8) is 0 Å². The van der Waals surface area contributed by atoms with Gasteiger partial charge in [-0.3, -0.25) is 13.9 Å². The van der Waals surface area contributed by atoms with Crippen LogP contribution in [0.5, 0.6) is 5.88 Å². The topological polar surface area (TPSA) is 173 Å². The minimum Gasteiger partial charge on any atom is -0.476 e. The lowest BCUT2D eigenvalue weighted by Gasteiger charge is -2.24. The summed E-state index contributed by atoms with van der Waals surface area (Å²) in [6.45, 7) is 3.26. The standard InChI is InChI=1S/C19H29ClFN6O7P/c1-6-31-15-12-14(24-18(22)25-15)27(8-23-12)17-19(5,21)13(28)11(34-17)7-32-35(20,30)26-10(4)16(29)33-9(2)3/h8-11,13,17,28H,6-7H2,1-5H3,(H,26,30)(H2,22,24,25)/t10-,11+,13+,17+,19+,35?/m0/s1. The van der Waals surface area contributed by atoms with Gasteiger partial charge in [-0.1, -0.05) is 0 Å². The van der Waals surface area contributed by atoms with Gasteiger partial charge in [0.2, 0.25) is 11.8 Å². The largest absolute Gasteiger partial charge is 0.476 e. The number of fused-ring (bicyclic) bond motifs is 1. The molecule has 0 spiro atoms. The van der Waals surface area contributed by atoms with E-state index in [1.165, 1.54) is 17.8 Å². The van der Waals surface area contributed by atoms with Crippen molar-refractivity contribution in [2.24, 2.45) is 0 Å². The summed E-state index contributed by atoms with van der Waals surface area (Å²) in [6, 6.07) is -1.05. The third-order valence-corrected chi connectivity index (χ3v) is 6.88. The quantitative estimate of drug-likeness (QED) is 0.297. The normalized spacial score (nSPS) is 27.2. The SMILES string of the molecule is CCOc1nc(N)nc2c1ncn2[C@@H]1O[C@H](COP(=O)(Cl)N[C@@H](C)C(=O)OC(C)C)[C@@H](O)[C@@]1(C)F. The molecule has 0 aromatic carbocycles. The number of aromatic nitrogens is 4. The predicted molar refractivity (Wildman–Crippen MR) is 124 cm³/mol. The van der Waals surface area contributed by atoms with E-state index < -0.39 is 49.6 Å². The summed E-state index contributed by atoms with van der Waals surface area (Å²) in [5.74, 6) is -0.689. The maximum Gasteiger partial charge on any atom is 0.361 e. The first kappa shape index (κ1) is 27.5. The number of nitrogen functional groups attached to an aromatic ring is 1. The van der Waals surface area contributed by atoms with Crippen molar-refractivity contribution in [1.82, 2.24) is 24.6 Å². The fourth-order valence-corrected chi connectivity index (χ4v) is 5.08. The highest BCUT2D eigenvalue weighted by Gasteiger charge is 2.56. The molecule has 2 aromatic rings. The minimum atomic E-state index is -4.07. The van der Waals surface area contributed by atoms with Crippen LogP contribution in [-0.2, 0) is 23.4 Å². The molecule has 6 atom stereocenters. The summed E-state index contributed by atoms with van der Waals surface area (Å²) >= 11 is 5.91. The molecule has 0 bridgehead atoms. The Bertz CT molecular complexity index is 1120. The van der Waals surface area contributed by atoms with Crippen LogP contribution in [0.3, 0.4) is 0 Å². The average molecular weight is 539 g/mol. The van der Waals surface area contributed by atoms with E-state index in [-0.39, 0.29) is 35.7 Å². The molecule has 3 heterocycles. The van der Waals surface area contributed by atoms with Gasteiger partial charge in [-0.15, -0.1) is 0 Å². The molecule has 1 unspecified atom stereocenters. The van der Waals surface area contributed by atoms with E-state index in [2.05, 4.69) is 20.0 Å². The predicted octanol–water partition coefficient (Wildman–Crippen LogP) is 2.09. The number of ether oxygens (including phenoxy) is 3. The summed E-state index contributed by atoms with van der Waals surface area (Å²) < 4.78 is 50.8. The fraction of sp³-hybridized carbons (Fsp3) is 0.684. The van der Waals surface area contributed by atoms with E-state index >= 15 is 4.39 Å². The van der Waals surface area contributed by atoms with Crippen molar-refractivity contribution >= 4 is 41.2 Å². The monoisotopic (exact) mass is 538 g/mol. The summed E-state index contributed by atoms with van der Waals surface area (Å²) in [5, 5.41) is 12.9. The number of carbonyl (C=O) groups excluding carboxylic acids is 1. The van der Waals surface area contributed by atoms with Gasteiger partial charge in [-0.25, -0.2) is 14.5 Å². The highest BCUT2D eigenvalue weighted by molar-refractivity contribution is 7.83.